The summed E-state index contributed by atoms with van der Waals surface area (Å²) in [5, 5.41) is 10.0. The number of nitrogens with zero attached hydrogens (tertiary/aromatic N) is 1. The van der Waals surface area contributed by atoms with Gasteiger partial charge < -0.3 is 21.5 Å². The van der Waals surface area contributed by atoms with Crippen LogP contribution in [0.3, 0.4) is 0 Å². The second-order valence-corrected chi connectivity index (χ2v) is 9.33. The number of aliphatic hydroxyl groups is 1. The zero-order valence-corrected chi connectivity index (χ0v) is 16.8. The second-order valence-electron chi connectivity index (χ2n) is 8.21. The summed E-state index contributed by atoms with van der Waals surface area (Å²) in [6.07, 6.45) is 3.06. The van der Waals surface area contributed by atoms with Gasteiger partial charge in [-0.3, -0.25) is 4.79 Å². The molecule has 4 unspecified atom stereocenters. The van der Waals surface area contributed by atoms with Gasteiger partial charge in [0, 0.05) is 25.0 Å². The summed E-state index contributed by atoms with van der Waals surface area (Å²) in [7, 11) is 0. The monoisotopic (exact) mass is 393 g/mol. The molecular formula is C18H33Cl2N3O2. The minimum absolute atomic E-state index is 0.0204. The van der Waals surface area contributed by atoms with Gasteiger partial charge in [-0.05, 0) is 43.9 Å². The minimum atomic E-state index is -0.494. The molecule has 0 aromatic carbocycles. The van der Waals surface area contributed by atoms with Crippen molar-refractivity contribution in [2.45, 2.75) is 74.9 Å². The maximum Gasteiger partial charge on any atom is 0.239 e. The third-order valence-electron chi connectivity index (χ3n) is 5.78. The molecule has 0 bridgehead atoms. The van der Waals surface area contributed by atoms with Gasteiger partial charge in [0.15, 0.2) is 0 Å². The Labute approximate surface area is 161 Å². The molecule has 2 rings (SSSR count). The second kappa shape index (κ2) is 9.23. The van der Waals surface area contributed by atoms with E-state index in [0.29, 0.717) is 44.2 Å². The molecule has 2 fully saturated rings. The smallest absolute Gasteiger partial charge is 0.239 e. The number of halogens is 2. The van der Waals surface area contributed by atoms with Crippen molar-refractivity contribution >= 4 is 29.1 Å². The zero-order valence-electron chi connectivity index (χ0n) is 15.3. The number of hydrogen-bond donors (Lipinski definition) is 3. The van der Waals surface area contributed by atoms with Crippen LogP contribution in [0.25, 0.3) is 0 Å². The van der Waals surface area contributed by atoms with E-state index in [9.17, 15) is 9.90 Å². The summed E-state index contributed by atoms with van der Waals surface area (Å²) in [6, 6.07) is -0.523. The predicted molar refractivity (Wildman–Crippen MR) is 103 cm³/mol. The third-order valence-corrected chi connectivity index (χ3v) is 6.88. The van der Waals surface area contributed by atoms with Crippen molar-refractivity contribution in [3.63, 3.8) is 0 Å². The van der Waals surface area contributed by atoms with E-state index in [1.807, 2.05) is 4.90 Å². The molecule has 1 aliphatic carbocycles. The number of carbonyl (C=O) groups excluding carboxylic acids is 1. The molecule has 25 heavy (non-hydrogen) atoms. The Bertz CT molecular complexity index is 444. The van der Waals surface area contributed by atoms with E-state index >= 15 is 0 Å². The molecule has 1 amide bonds. The van der Waals surface area contributed by atoms with Crippen LogP contribution in [-0.2, 0) is 4.79 Å². The molecule has 1 aliphatic heterocycles. The number of rotatable bonds is 5. The predicted octanol–water partition coefficient (Wildman–Crippen LogP) is 1.91. The number of likely N-dealkylation sites (tertiary alicyclic amines) is 1. The van der Waals surface area contributed by atoms with Gasteiger partial charge in [-0.15, -0.1) is 23.2 Å². The molecule has 1 saturated heterocycles. The van der Waals surface area contributed by atoms with Gasteiger partial charge in [-0.25, -0.2) is 0 Å². The highest BCUT2D eigenvalue weighted by Crippen LogP contribution is 2.37. The first kappa shape index (κ1) is 21.2. The van der Waals surface area contributed by atoms with Crippen LogP contribution in [0.1, 0.15) is 46.0 Å². The average Bonchev–Trinajstić information content (AvgIpc) is 2.56. The number of amides is 1. The molecule has 0 radical (unpaired) electrons. The van der Waals surface area contributed by atoms with Crippen molar-refractivity contribution in [2.75, 3.05) is 13.1 Å². The fraction of sp³-hybridized carbons (Fsp3) is 0.944. The molecule has 5 N–H and O–H groups in total. The van der Waals surface area contributed by atoms with Crippen LogP contribution < -0.4 is 11.5 Å². The van der Waals surface area contributed by atoms with Crippen molar-refractivity contribution in [1.82, 2.24) is 4.90 Å². The van der Waals surface area contributed by atoms with Gasteiger partial charge in [0.1, 0.15) is 0 Å². The van der Waals surface area contributed by atoms with Crippen molar-refractivity contribution in [3.05, 3.63) is 0 Å². The molecule has 0 spiro atoms. The first-order valence-corrected chi connectivity index (χ1v) is 10.3. The van der Waals surface area contributed by atoms with E-state index in [4.69, 9.17) is 34.7 Å². The molecule has 146 valence electrons. The summed E-state index contributed by atoms with van der Waals surface area (Å²) in [5.74, 6) is 0.727. The standard InChI is InChI=1S/C18H33Cl2N3O2/c1-10(2)7-15(21)18(25)23-5-3-11(4-6-23)17(22)12-8-13(19)14(20)9-16(12)24/h10-17,24H,3-9,21-22H2,1-2H3/t12?,13?,14?,15-,16?,17-/m1/s1. The minimum Gasteiger partial charge on any atom is -0.393 e. The van der Waals surface area contributed by atoms with E-state index < -0.39 is 12.1 Å². The fourth-order valence-corrected chi connectivity index (χ4v) is 4.82. The van der Waals surface area contributed by atoms with Crippen LogP contribution in [0.4, 0.5) is 0 Å². The van der Waals surface area contributed by atoms with E-state index in [0.717, 1.165) is 12.8 Å². The Kier molecular flexibility index (Phi) is 7.84. The van der Waals surface area contributed by atoms with Crippen molar-refractivity contribution in [2.24, 2.45) is 29.2 Å². The number of alkyl halides is 2. The van der Waals surface area contributed by atoms with Crippen LogP contribution in [0.15, 0.2) is 0 Å². The van der Waals surface area contributed by atoms with E-state index in [-0.39, 0.29) is 28.6 Å². The largest absolute Gasteiger partial charge is 0.393 e. The lowest BCUT2D eigenvalue weighted by Crippen LogP contribution is -2.53. The Morgan fingerprint density at radius 2 is 1.72 bits per heavy atom. The Balaban J connectivity index is 1.86. The van der Waals surface area contributed by atoms with Gasteiger partial charge in [0.25, 0.3) is 0 Å². The summed E-state index contributed by atoms with van der Waals surface area (Å²) in [6.45, 7) is 5.52. The van der Waals surface area contributed by atoms with Crippen molar-refractivity contribution in [1.29, 1.82) is 0 Å². The molecule has 0 aromatic heterocycles. The summed E-state index contributed by atoms with van der Waals surface area (Å²) in [4.78, 5) is 14.3. The van der Waals surface area contributed by atoms with Crippen molar-refractivity contribution < 1.29 is 9.90 Å². The zero-order chi connectivity index (χ0) is 18.7. The molecular weight excluding hydrogens is 361 g/mol. The number of hydrogen-bond acceptors (Lipinski definition) is 4. The molecule has 2 aliphatic rings. The summed E-state index contributed by atoms with van der Waals surface area (Å²) < 4.78 is 0. The van der Waals surface area contributed by atoms with Crippen LogP contribution in [0.2, 0.25) is 0 Å². The van der Waals surface area contributed by atoms with Gasteiger partial charge in [0.05, 0.1) is 22.9 Å². The van der Waals surface area contributed by atoms with Gasteiger partial charge >= 0.3 is 0 Å². The van der Waals surface area contributed by atoms with Gasteiger partial charge in [-0.2, -0.15) is 0 Å². The number of nitrogens with two attached hydrogens (primary N) is 2. The maximum atomic E-state index is 12.4. The van der Waals surface area contributed by atoms with Crippen molar-refractivity contribution in [3.8, 4) is 0 Å². The van der Waals surface area contributed by atoms with Crippen LogP contribution in [0, 0.1) is 17.8 Å². The maximum absolute atomic E-state index is 12.4. The van der Waals surface area contributed by atoms with Crippen LogP contribution in [-0.4, -0.2) is 57.9 Å². The molecule has 0 aromatic rings. The SMILES string of the molecule is CC(C)C[C@@H](N)C(=O)N1CCC([C@@H](N)C2CC(Cl)C(Cl)CC2O)CC1. The Hall–Kier alpha value is -0.0700. The summed E-state index contributed by atoms with van der Waals surface area (Å²) in [5.41, 5.74) is 12.5. The number of piperidine rings is 1. The lowest BCUT2D eigenvalue weighted by molar-refractivity contribution is -0.134. The average molecular weight is 394 g/mol. The topological polar surface area (TPSA) is 92.6 Å². The van der Waals surface area contributed by atoms with Crippen LogP contribution >= 0.6 is 23.2 Å². The molecule has 1 heterocycles. The third kappa shape index (κ3) is 5.46. The lowest BCUT2D eigenvalue weighted by atomic mass is 9.74. The quantitative estimate of drug-likeness (QED) is 0.621. The van der Waals surface area contributed by atoms with Gasteiger partial charge in [0.2, 0.25) is 5.91 Å². The molecule has 5 nitrogen and oxygen atoms in total. The molecule has 6 atom stereocenters. The highest BCUT2D eigenvalue weighted by molar-refractivity contribution is 6.30. The highest BCUT2D eigenvalue weighted by Gasteiger charge is 2.40. The first-order valence-electron chi connectivity index (χ1n) is 9.46. The van der Waals surface area contributed by atoms with E-state index in [1.165, 1.54) is 0 Å². The first-order chi connectivity index (χ1) is 11.7. The van der Waals surface area contributed by atoms with Crippen LogP contribution in [0.5, 0.6) is 0 Å². The Morgan fingerprint density at radius 3 is 2.28 bits per heavy atom. The summed E-state index contributed by atoms with van der Waals surface area (Å²) >= 11 is 12.4. The fourth-order valence-electron chi connectivity index (χ4n) is 4.23. The Morgan fingerprint density at radius 1 is 1.16 bits per heavy atom. The number of aliphatic hydroxyl groups excluding tert-OH is 1. The highest BCUT2D eigenvalue weighted by atomic mass is 35.5. The lowest BCUT2D eigenvalue weighted by Gasteiger charge is -2.42. The molecule has 1 saturated carbocycles. The van der Waals surface area contributed by atoms with Gasteiger partial charge in [-0.1, -0.05) is 13.8 Å². The van der Waals surface area contributed by atoms with E-state index in [1.54, 1.807) is 0 Å². The number of carbonyl (C=O) groups is 1. The van der Waals surface area contributed by atoms with E-state index in [2.05, 4.69) is 13.8 Å². The normalized spacial score (nSPS) is 34.2. The molecule has 7 heteroatoms.